The molecule has 1 aromatic rings. The van der Waals surface area contributed by atoms with E-state index in [4.69, 9.17) is 0 Å². The van der Waals surface area contributed by atoms with E-state index in [9.17, 15) is 23.3 Å². The van der Waals surface area contributed by atoms with Crippen LogP contribution < -0.4 is 10.6 Å². The maximum Gasteiger partial charge on any atom is 0.441 e. The number of thioether (sulfide) groups is 1. The van der Waals surface area contributed by atoms with Gasteiger partial charge in [-0.2, -0.15) is 13.2 Å². The Labute approximate surface area is 111 Å². The number of anilines is 2. The van der Waals surface area contributed by atoms with Crippen molar-refractivity contribution in [3.05, 3.63) is 28.3 Å². The second-order valence-electron chi connectivity index (χ2n) is 3.50. The van der Waals surface area contributed by atoms with Crippen molar-refractivity contribution in [1.82, 2.24) is 0 Å². The number of alkyl halides is 3. The molecule has 0 unspecified atom stereocenters. The first-order valence-corrected chi connectivity index (χ1v) is 6.22. The van der Waals surface area contributed by atoms with E-state index in [0.717, 1.165) is 0 Å². The van der Waals surface area contributed by atoms with Gasteiger partial charge in [-0.05, 0) is 17.8 Å². The molecule has 106 valence electrons. The Morgan fingerprint density at radius 3 is 2.47 bits per heavy atom. The van der Waals surface area contributed by atoms with Crippen LogP contribution in [-0.2, 0) is 0 Å². The number of nitro benzene ring substituents is 1. The van der Waals surface area contributed by atoms with E-state index in [0.29, 0.717) is 11.4 Å². The van der Waals surface area contributed by atoms with Crippen molar-refractivity contribution in [2.24, 2.45) is 0 Å². The number of nitrogens with zero attached hydrogens (tertiary/aromatic N) is 1. The average Bonchev–Trinajstić information content (AvgIpc) is 2.33. The van der Waals surface area contributed by atoms with Gasteiger partial charge in [-0.3, -0.25) is 10.1 Å². The summed E-state index contributed by atoms with van der Waals surface area (Å²) in [4.78, 5) is 10.1. The molecule has 1 rings (SSSR count). The molecule has 0 amide bonds. The van der Waals surface area contributed by atoms with Crippen molar-refractivity contribution >= 4 is 28.8 Å². The summed E-state index contributed by atoms with van der Waals surface area (Å²) in [5.41, 5.74) is -3.47. The predicted molar refractivity (Wildman–Crippen MR) is 69.6 cm³/mol. The Balaban J connectivity index is 2.62. The van der Waals surface area contributed by atoms with Crippen LogP contribution in [0.4, 0.5) is 30.2 Å². The smallest absolute Gasteiger partial charge is 0.388 e. The molecule has 0 aliphatic heterocycles. The molecule has 0 saturated carbocycles. The fourth-order valence-corrected chi connectivity index (χ4v) is 1.76. The fourth-order valence-electron chi connectivity index (χ4n) is 1.33. The summed E-state index contributed by atoms with van der Waals surface area (Å²) in [7, 11) is 1.60. The number of halogens is 3. The molecule has 0 aliphatic carbocycles. The van der Waals surface area contributed by atoms with Crippen LogP contribution in [0, 0.1) is 10.1 Å². The molecule has 0 aliphatic rings. The van der Waals surface area contributed by atoms with Gasteiger partial charge in [0.15, 0.2) is 0 Å². The van der Waals surface area contributed by atoms with Crippen molar-refractivity contribution in [2.45, 2.75) is 5.51 Å². The van der Waals surface area contributed by atoms with E-state index in [2.05, 4.69) is 10.6 Å². The molecular formula is C10H12F3N3O2S. The van der Waals surface area contributed by atoms with Gasteiger partial charge in [0.1, 0.15) is 0 Å². The van der Waals surface area contributed by atoms with Crippen molar-refractivity contribution in [1.29, 1.82) is 0 Å². The summed E-state index contributed by atoms with van der Waals surface area (Å²) >= 11 is -0.139. The number of hydrogen-bond donors (Lipinski definition) is 2. The molecule has 0 spiro atoms. The summed E-state index contributed by atoms with van der Waals surface area (Å²) < 4.78 is 35.7. The molecule has 0 heterocycles. The van der Waals surface area contributed by atoms with Crippen LogP contribution in [0.25, 0.3) is 0 Å². The van der Waals surface area contributed by atoms with E-state index in [-0.39, 0.29) is 29.7 Å². The molecule has 5 nitrogen and oxygen atoms in total. The number of nitro groups is 1. The predicted octanol–water partition coefficient (Wildman–Crippen LogP) is 3.30. The van der Waals surface area contributed by atoms with Gasteiger partial charge in [-0.25, -0.2) is 0 Å². The molecule has 0 fully saturated rings. The lowest BCUT2D eigenvalue weighted by Gasteiger charge is -2.09. The largest absolute Gasteiger partial charge is 0.441 e. The van der Waals surface area contributed by atoms with Crippen LogP contribution in [0.5, 0.6) is 0 Å². The summed E-state index contributed by atoms with van der Waals surface area (Å²) in [5, 5.41) is 16.1. The van der Waals surface area contributed by atoms with Crippen molar-refractivity contribution < 1.29 is 18.1 Å². The van der Waals surface area contributed by atoms with Gasteiger partial charge in [0, 0.05) is 42.9 Å². The second-order valence-corrected chi connectivity index (χ2v) is 4.66. The molecule has 0 saturated heterocycles. The number of nitrogens with one attached hydrogen (secondary N) is 2. The van der Waals surface area contributed by atoms with E-state index in [1.54, 1.807) is 13.1 Å². The van der Waals surface area contributed by atoms with Crippen molar-refractivity contribution in [3.8, 4) is 0 Å². The highest BCUT2D eigenvalue weighted by Crippen LogP contribution is 2.30. The Kier molecular flexibility index (Phi) is 5.28. The van der Waals surface area contributed by atoms with Gasteiger partial charge in [-0.15, -0.1) is 0 Å². The lowest BCUT2D eigenvalue weighted by molar-refractivity contribution is -0.384. The SMILES string of the molecule is CNc1cc(NCCSC(F)(F)F)cc([N+](=O)[O-])c1. The van der Waals surface area contributed by atoms with Crippen LogP contribution in [0.2, 0.25) is 0 Å². The zero-order valence-electron chi connectivity index (χ0n) is 9.95. The molecule has 0 aromatic heterocycles. The van der Waals surface area contributed by atoms with Gasteiger partial charge >= 0.3 is 5.51 Å². The molecule has 9 heteroatoms. The molecule has 1 aromatic carbocycles. The molecule has 0 bridgehead atoms. The molecule has 0 atom stereocenters. The summed E-state index contributed by atoms with van der Waals surface area (Å²) in [5.74, 6) is -0.166. The van der Waals surface area contributed by atoms with Crippen LogP contribution >= 0.6 is 11.8 Å². The van der Waals surface area contributed by atoms with Crippen LogP contribution in [0.1, 0.15) is 0 Å². The normalized spacial score (nSPS) is 11.2. The monoisotopic (exact) mass is 295 g/mol. The number of benzene rings is 1. The third-order valence-corrected chi connectivity index (χ3v) is 2.85. The molecule has 2 N–H and O–H groups in total. The summed E-state index contributed by atoms with van der Waals surface area (Å²) in [6.45, 7) is 0.0640. The average molecular weight is 295 g/mol. The zero-order valence-corrected chi connectivity index (χ0v) is 10.8. The van der Waals surface area contributed by atoms with Crippen molar-refractivity contribution in [3.63, 3.8) is 0 Å². The van der Waals surface area contributed by atoms with Crippen LogP contribution in [0.3, 0.4) is 0 Å². The minimum absolute atomic E-state index is 0.0640. The Morgan fingerprint density at radius 1 is 1.32 bits per heavy atom. The first-order chi connectivity index (χ1) is 8.81. The summed E-state index contributed by atoms with van der Waals surface area (Å²) in [6.07, 6.45) is 0. The lowest BCUT2D eigenvalue weighted by atomic mass is 10.2. The number of hydrogen-bond acceptors (Lipinski definition) is 5. The van der Waals surface area contributed by atoms with E-state index >= 15 is 0 Å². The lowest BCUT2D eigenvalue weighted by Crippen LogP contribution is -2.09. The van der Waals surface area contributed by atoms with Gasteiger partial charge in [0.2, 0.25) is 0 Å². The van der Waals surface area contributed by atoms with E-state index in [1.807, 2.05) is 0 Å². The highest BCUT2D eigenvalue weighted by molar-refractivity contribution is 8.00. The summed E-state index contributed by atoms with van der Waals surface area (Å²) in [6, 6.07) is 4.21. The second kappa shape index (κ2) is 6.50. The van der Waals surface area contributed by atoms with Crippen LogP contribution in [-0.4, -0.2) is 29.8 Å². The van der Waals surface area contributed by atoms with E-state index in [1.165, 1.54) is 12.1 Å². The maximum atomic E-state index is 11.9. The van der Waals surface area contributed by atoms with Gasteiger partial charge in [-0.1, -0.05) is 0 Å². The standard InChI is InChI=1S/C10H12F3N3O2S/c1-14-7-4-8(6-9(5-7)16(17)18)15-2-3-19-10(11,12)13/h4-6,14-15H,2-3H2,1H3. The molecule has 0 radical (unpaired) electrons. The zero-order chi connectivity index (χ0) is 14.5. The van der Waals surface area contributed by atoms with Gasteiger partial charge < -0.3 is 10.6 Å². The Hall–Kier alpha value is -1.64. The quantitative estimate of drug-likeness (QED) is 0.479. The Morgan fingerprint density at radius 2 is 1.95 bits per heavy atom. The first-order valence-electron chi connectivity index (χ1n) is 5.23. The fraction of sp³-hybridized carbons (Fsp3) is 0.400. The third-order valence-electron chi connectivity index (χ3n) is 2.11. The van der Waals surface area contributed by atoms with E-state index < -0.39 is 10.4 Å². The first kappa shape index (κ1) is 15.4. The van der Waals surface area contributed by atoms with Gasteiger partial charge in [0.05, 0.1) is 4.92 Å². The molecule has 19 heavy (non-hydrogen) atoms. The minimum atomic E-state index is -4.26. The van der Waals surface area contributed by atoms with Gasteiger partial charge in [0.25, 0.3) is 5.69 Å². The maximum absolute atomic E-state index is 11.9. The van der Waals surface area contributed by atoms with Crippen LogP contribution in [0.15, 0.2) is 18.2 Å². The number of non-ortho nitro benzene ring substituents is 1. The number of rotatable bonds is 6. The highest BCUT2D eigenvalue weighted by Gasteiger charge is 2.27. The third kappa shape index (κ3) is 5.69. The van der Waals surface area contributed by atoms with Crippen molar-refractivity contribution in [2.75, 3.05) is 30.0 Å². The highest BCUT2D eigenvalue weighted by atomic mass is 32.2. The minimum Gasteiger partial charge on any atom is -0.388 e. The Bertz CT molecular complexity index is 454. The molecular weight excluding hydrogens is 283 g/mol. The topological polar surface area (TPSA) is 67.2 Å².